The third-order valence-corrected chi connectivity index (χ3v) is 2.04. The summed E-state index contributed by atoms with van der Waals surface area (Å²) >= 11 is 0. The van der Waals surface area contributed by atoms with Crippen LogP contribution in [0.5, 0.6) is 0 Å². The first-order chi connectivity index (χ1) is 8.25. The van der Waals surface area contributed by atoms with Gasteiger partial charge in [-0.25, -0.2) is 0 Å². The van der Waals surface area contributed by atoms with E-state index in [9.17, 15) is 39.6 Å². The van der Waals surface area contributed by atoms with E-state index in [2.05, 4.69) is 0 Å². The van der Waals surface area contributed by atoms with Crippen LogP contribution in [-0.2, 0) is 17.1 Å². The van der Waals surface area contributed by atoms with Crippen LogP contribution < -0.4 is 20.4 Å². The Labute approximate surface area is 115 Å². The van der Waals surface area contributed by atoms with E-state index >= 15 is 0 Å². The molecular weight excluding hydrogens is 312 g/mol. The Balaban J connectivity index is 0.00000324. The Hall–Kier alpha value is -2.38. The van der Waals surface area contributed by atoms with Crippen LogP contribution >= 0.6 is 0 Å². The quantitative estimate of drug-likeness (QED) is 0.500. The van der Waals surface area contributed by atoms with Crippen LogP contribution in [0.2, 0.25) is 0 Å². The Morgan fingerprint density at radius 2 is 0.737 bits per heavy atom. The molecule has 0 unspecified atom stereocenters. The van der Waals surface area contributed by atoms with E-state index in [4.69, 9.17) is 0 Å². The molecule has 1 aromatic rings. The minimum absolute atomic E-state index is 0. The molecule has 0 N–H and O–H groups in total. The average molecular weight is 314 g/mol. The van der Waals surface area contributed by atoms with Crippen molar-refractivity contribution in [3.8, 4) is 0 Å². The first-order valence-electron chi connectivity index (χ1n) is 4.29. The Kier molecular flexibility index (Phi) is 5.23. The smallest absolute Gasteiger partial charge is 0.0722 e. The summed E-state index contributed by atoms with van der Waals surface area (Å²) in [5.41, 5.74) is -4.11. The number of carboxylic acids is 4. The van der Waals surface area contributed by atoms with Gasteiger partial charge in [-0.15, -0.1) is 0 Å². The monoisotopic (exact) mass is 313 g/mol. The predicted octanol–water partition coefficient (Wildman–Crippen LogP) is -4.86. The average Bonchev–Trinajstić information content (AvgIpc) is 2.26. The van der Waals surface area contributed by atoms with Crippen LogP contribution in [0.15, 0.2) is 12.1 Å². The number of benzene rings is 1. The van der Waals surface area contributed by atoms with Crippen LogP contribution in [0.3, 0.4) is 0 Å². The number of carboxylic acid groups (broad SMARTS) is 4. The van der Waals surface area contributed by atoms with E-state index in [-0.39, 0.29) is 17.1 Å². The number of hydrogen-bond acceptors (Lipinski definition) is 8. The van der Waals surface area contributed by atoms with Gasteiger partial charge in [0.1, 0.15) is 0 Å². The van der Waals surface area contributed by atoms with E-state index < -0.39 is 46.1 Å². The number of hydrogen-bond donors (Lipinski definition) is 0. The zero-order valence-corrected chi connectivity index (χ0v) is 9.66. The molecule has 1 aromatic carbocycles. The molecule has 0 aromatic heterocycles. The fourth-order valence-electron chi connectivity index (χ4n) is 1.28. The van der Waals surface area contributed by atoms with Gasteiger partial charge in [0.05, 0.1) is 23.9 Å². The molecule has 1 radical (unpaired) electrons. The third-order valence-electron chi connectivity index (χ3n) is 2.04. The Bertz CT molecular complexity index is 479. The molecule has 8 nitrogen and oxygen atoms in total. The number of carbonyl (C=O) groups is 4. The van der Waals surface area contributed by atoms with Gasteiger partial charge in [-0.3, -0.25) is 0 Å². The summed E-state index contributed by atoms with van der Waals surface area (Å²) < 4.78 is 0. The van der Waals surface area contributed by atoms with Crippen molar-refractivity contribution >= 4 is 23.9 Å². The molecule has 0 aliphatic rings. The second-order valence-corrected chi connectivity index (χ2v) is 3.09. The maximum Gasteiger partial charge on any atom is 0.0722 e. The topological polar surface area (TPSA) is 161 Å². The minimum atomic E-state index is -2.00. The van der Waals surface area contributed by atoms with Gasteiger partial charge >= 0.3 is 0 Å². The van der Waals surface area contributed by atoms with Crippen molar-refractivity contribution in [2.24, 2.45) is 0 Å². The summed E-state index contributed by atoms with van der Waals surface area (Å²) in [7, 11) is 0. The summed E-state index contributed by atoms with van der Waals surface area (Å²) in [5, 5.41) is 42.4. The second kappa shape index (κ2) is 5.98. The molecule has 1 rings (SSSR count). The normalized spacial score (nSPS) is 9.26. The summed E-state index contributed by atoms with van der Waals surface area (Å²) in [6, 6.07) is 0.613. The van der Waals surface area contributed by atoms with Crippen molar-refractivity contribution < 1.29 is 56.7 Å². The summed E-state index contributed by atoms with van der Waals surface area (Å²) in [6.45, 7) is 0. The molecule has 0 aliphatic heterocycles. The van der Waals surface area contributed by atoms with Crippen LogP contribution in [0.4, 0.5) is 0 Å². The van der Waals surface area contributed by atoms with Gasteiger partial charge in [-0.2, -0.15) is 0 Å². The maximum absolute atomic E-state index is 10.6. The van der Waals surface area contributed by atoms with Crippen LogP contribution in [0.25, 0.3) is 0 Å². The van der Waals surface area contributed by atoms with E-state index in [0.29, 0.717) is 12.1 Å². The molecule has 0 saturated heterocycles. The molecule has 19 heavy (non-hydrogen) atoms. The summed E-state index contributed by atoms with van der Waals surface area (Å²) in [5.74, 6) is -7.99. The largest absolute Gasteiger partial charge is 0.545 e. The van der Waals surface area contributed by atoms with E-state index in [1.165, 1.54) is 0 Å². The Morgan fingerprint density at radius 3 is 0.842 bits per heavy atom. The molecule has 0 aliphatic carbocycles. The maximum atomic E-state index is 10.6. The van der Waals surface area contributed by atoms with Crippen molar-refractivity contribution in [3.63, 3.8) is 0 Å². The van der Waals surface area contributed by atoms with Gasteiger partial charge in [-0.05, 0) is 12.1 Å². The molecule has 0 saturated carbocycles. The van der Waals surface area contributed by atoms with Crippen LogP contribution in [0.1, 0.15) is 41.4 Å². The molecule has 0 atom stereocenters. The fourth-order valence-corrected chi connectivity index (χ4v) is 1.28. The van der Waals surface area contributed by atoms with Gasteiger partial charge in [0.25, 0.3) is 0 Å². The first-order valence-corrected chi connectivity index (χ1v) is 4.29. The molecule has 0 spiro atoms. The molecule has 105 valence electrons. The van der Waals surface area contributed by atoms with Crippen molar-refractivity contribution in [2.45, 2.75) is 0 Å². The second-order valence-electron chi connectivity index (χ2n) is 3.09. The van der Waals surface area contributed by atoms with Crippen LogP contribution in [0, 0.1) is 0 Å². The predicted molar refractivity (Wildman–Crippen MR) is 43.8 cm³/mol. The standard InChI is InChI=1S/C10H6O8.Cu/c11-7(12)3-1-4(8(13)14)6(10(17)18)2-5(3)9(15)16;/h1-2H,(H,11,12)(H,13,14)(H,15,16)(H,17,18);/p-4. The van der Waals surface area contributed by atoms with E-state index in [1.54, 1.807) is 0 Å². The first kappa shape index (κ1) is 16.6. The van der Waals surface area contributed by atoms with Gasteiger partial charge in [0.15, 0.2) is 0 Å². The van der Waals surface area contributed by atoms with E-state index in [0.717, 1.165) is 0 Å². The van der Waals surface area contributed by atoms with Crippen molar-refractivity contribution in [1.82, 2.24) is 0 Å². The third kappa shape index (κ3) is 3.30. The van der Waals surface area contributed by atoms with Gasteiger partial charge in [-0.1, -0.05) is 0 Å². The van der Waals surface area contributed by atoms with Crippen molar-refractivity contribution in [2.75, 3.05) is 0 Å². The molecule has 9 heteroatoms. The molecule has 0 bridgehead atoms. The Morgan fingerprint density at radius 1 is 0.579 bits per heavy atom. The molecular formula is C10H2CuO8-4. The molecule has 0 fully saturated rings. The SMILES string of the molecule is O=C([O-])c1cc(C(=O)[O-])c(C(=O)[O-])cc1C(=O)[O-].[Cu]. The van der Waals surface area contributed by atoms with Crippen molar-refractivity contribution in [1.29, 1.82) is 0 Å². The zero-order valence-electron chi connectivity index (χ0n) is 8.72. The number of rotatable bonds is 4. The van der Waals surface area contributed by atoms with Crippen molar-refractivity contribution in [3.05, 3.63) is 34.4 Å². The minimum Gasteiger partial charge on any atom is -0.545 e. The van der Waals surface area contributed by atoms with Gasteiger partial charge in [0, 0.05) is 39.3 Å². The van der Waals surface area contributed by atoms with Crippen LogP contribution in [-0.4, -0.2) is 23.9 Å². The summed E-state index contributed by atoms with van der Waals surface area (Å²) in [6.07, 6.45) is 0. The van der Waals surface area contributed by atoms with Gasteiger partial charge < -0.3 is 39.6 Å². The number of carbonyl (C=O) groups excluding carboxylic acids is 4. The molecule has 0 heterocycles. The van der Waals surface area contributed by atoms with Gasteiger partial charge in [0.2, 0.25) is 0 Å². The summed E-state index contributed by atoms with van der Waals surface area (Å²) in [4.78, 5) is 42.4. The zero-order chi connectivity index (χ0) is 14.0. The number of aromatic carboxylic acids is 4. The van der Waals surface area contributed by atoms with E-state index in [1.807, 2.05) is 0 Å². The molecule has 0 amide bonds. The fraction of sp³-hybridized carbons (Fsp3) is 0.